The van der Waals surface area contributed by atoms with Gasteiger partial charge in [-0.3, -0.25) is 0 Å². The molecule has 0 fully saturated rings. The van der Waals surface area contributed by atoms with Crippen molar-refractivity contribution in [3.63, 3.8) is 0 Å². The van der Waals surface area contributed by atoms with Crippen LogP contribution in [0.5, 0.6) is 5.75 Å². The first-order valence-corrected chi connectivity index (χ1v) is 8.03. The third-order valence-electron chi connectivity index (χ3n) is 2.81. The van der Waals surface area contributed by atoms with Gasteiger partial charge in [-0.05, 0) is 34.1 Å². The number of aromatic nitrogens is 1. The highest BCUT2D eigenvalue weighted by Crippen LogP contribution is 2.29. The summed E-state index contributed by atoms with van der Waals surface area (Å²) in [5.74, 6) is 0.836. The van der Waals surface area contributed by atoms with Crippen LogP contribution in [0.15, 0.2) is 28.9 Å². The molecule has 1 N–H and O–H groups in total. The second-order valence-corrected chi connectivity index (χ2v) is 7.55. The number of ether oxygens (including phenoxy) is 1. The third kappa shape index (κ3) is 3.73. The maximum absolute atomic E-state index is 5.22. The summed E-state index contributed by atoms with van der Waals surface area (Å²) < 4.78 is 6.17. The van der Waals surface area contributed by atoms with E-state index in [1.807, 2.05) is 24.4 Å². The van der Waals surface area contributed by atoms with Gasteiger partial charge >= 0.3 is 0 Å². The first-order valence-electron chi connectivity index (χ1n) is 6.43. The fourth-order valence-corrected chi connectivity index (χ4v) is 3.15. The van der Waals surface area contributed by atoms with Gasteiger partial charge in [-0.1, -0.05) is 20.8 Å². The van der Waals surface area contributed by atoms with E-state index < -0.39 is 0 Å². The monoisotopic (exact) mass is 354 g/mol. The molecule has 0 radical (unpaired) electrons. The Kier molecular flexibility index (Phi) is 4.70. The minimum Gasteiger partial charge on any atom is -0.496 e. The van der Waals surface area contributed by atoms with E-state index in [4.69, 9.17) is 4.74 Å². The molecular weight excluding hydrogens is 336 g/mol. The molecule has 0 saturated heterocycles. The highest BCUT2D eigenvalue weighted by molar-refractivity contribution is 9.10. The highest BCUT2D eigenvalue weighted by atomic mass is 79.9. The van der Waals surface area contributed by atoms with Crippen molar-refractivity contribution in [1.82, 2.24) is 4.98 Å². The molecule has 0 aliphatic rings. The second kappa shape index (κ2) is 6.14. The summed E-state index contributed by atoms with van der Waals surface area (Å²) in [7, 11) is 1.67. The summed E-state index contributed by atoms with van der Waals surface area (Å²) in [5, 5.41) is 4.57. The van der Waals surface area contributed by atoms with Crippen LogP contribution in [0, 0.1) is 0 Å². The molecule has 0 unspecified atom stereocenters. The van der Waals surface area contributed by atoms with E-state index in [0.717, 1.165) is 22.5 Å². The lowest BCUT2D eigenvalue weighted by molar-refractivity contribution is 0.412. The van der Waals surface area contributed by atoms with E-state index in [-0.39, 0.29) is 5.41 Å². The van der Waals surface area contributed by atoms with Gasteiger partial charge in [0.1, 0.15) is 5.75 Å². The van der Waals surface area contributed by atoms with Crippen molar-refractivity contribution in [3.05, 3.63) is 38.8 Å². The minimum atomic E-state index is 0.117. The number of benzene rings is 1. The van der Waals surface area contributed by atoms with Crippen LogP contribution in [0.4, 0.5) is 5.69 Å². The Balaban J connectivity index is 2.02. The molecule has 2 rings (SSSR count). The molecule has 20 heavy (non-hydrogen) atoms. The molecule has 0 amide bonds. The van der Waals surface area contributed by atoms with Crippen molar-refractivity contribution in [1.29, 1.82) is 0 Å². The van der Waals surface area contributed by atoms with Gasteiger partial charge in [0.2, 0.25) is 0 Å². The lowest BCUT2D eigenvalue weighted by atomic mass is 9.98. The number of anilines is 1. The zero-order valence-electron chi connectivity index (χ0n) is 12.2. The van der Waals surface area contributed by atoms with Gasteiger partial charge in [0, 0.05) is 22.2 Å². The van der Waals surface area contributed by atoms with Gasteiger partial charge in [-0.25, -0.2) is 4.98 Å². The topological polar surface area (TPSA) is 34.1 Å². The van der Waals surface area contributed by atoms with Crippen LogP contribution in [-0.4, -0.2) is 12.1 Å². The number of halogens is 1. The number of thiazole rings is 1. The highest BCUT2D eigenvalue weighted by Gasteiger charge is 2.17. The van der Waals surface area contributed by atoms with Gasteiger partial charge < -0.3 is 10.1 Å². The lowest BCUT2D eigenvalue weighted by Crippen LogP contribution is -2.09. The van der Waals surface area contributed by atoms with E-state index >= 15 is 0 Å². The summed E-state index contributed by atoms with van der Waals surface area (Å²) in [5.41, 5.74) is 1.18. The number of nitrogens with zero attached hydrogens (tertiary/aromatic N) is 1. The van der Waals surface area contributed by atoms with Crippen LogP contribution in [0.1, 0.15) is 30.7 Å². The number of methoxy groups -OCH3 is 1. The Bertz CT molecular complexity index is 590. The van der Waals surface area contributed by atoms with Crippen molar-refractivity contribution in [2.24, 2.45) is 0 Å². The van der Waals surface area contributed by atoms with Crippen molar-refractivity contribution in [3.8, 4) is 5.75 Å². The molecule has 0 aliphatic carbocycles. The molecule has 3 nitrogen and oxygen atoms in total. The molecule has 2 aromatic rings. The average molecular weight is 355 g/mol. The van der Waals surface area contributed by atoms with Crippen LogP contribution >= 0.6 is 27.3 Å². The Hall–Kier alpha value is -1.07. The number of nitrogens with one attached hydrogen (secondary N) is 1. The van der Waals surface area contributed by atoms with Crippen molar-refractivity contribution >= 4 is 33.0 Å². The SMILES string of the molecule is COc1ccc(NCc2cnc(C(C)(C)C)s2)cc1Br. The molecule has 0 aliphatic heterocycles. The summed E-state index contributed by atoms with van der Waals surface area (Å²) in [6.45, 7) is 7.34. The van der Waals surface area contributed by atoms with E-state index in [1.54, 1.807) is 18.4 Å². The van der Waals surface area contributed by atoms with Crippen molar-refractivity contribution in [2.45, 2.75) is 32.7 Å². The maximum Gasteiger partial charge on any atom is 0.133 e. The first-order chi connectivity index (χ1) is 9.40. The average Bonchev–Trinajstić information content (AvgIpc) is 2.85. The Labute approximate surface area is 132 Å². The first kappa shape index (κ1) is 15.3. The maximum atomic E-state index is 5.22. The standard InChI is InChI=1S/C15H19BrN2OS/c1-15(2,3)14-18-9-11(20-14)8-17-10-5-6-13(19-4)12(16)7-10/h5-7,9,17H,8H2,1-4H3. The minimum absolute atomic E-state index is 0.117. The zero-order chi connectivity index (χ0) is 14.8. The Morgan fingerprint density at radius 2 is 2.10 bits per heavy atom. The smallest absolute Gasteiger partial charge is 0.133 e. The molecule has 1 heterocycles. The number of hydrogen-bond acceptors (Lipinski definition) is 4. The Morgan fingerprint density at radius 1 is 1.35 bits per heavy atom. The predicted octanol–water partition coefficient (Wildman–Crippen LogP) is 4.82. The largest absolute Gasteiger partial charge is 0.496 e. The summed E-state index contributed by atoms with van der Waals surface area (Å²) >= 11 is 5.25. The van der Waals surface area contributed by atoms with Gasteiger partial charge in [0.05, 0.1) is 23.1 Å². The number of rotatable bonds is 4. The van der Waals surface area contributed by atoms with Crippen LogP contribution in [0.2, 0.25) is 0 Å². The molecule has 1 aromatic heterocycles. The summed E-state index contributed by atoms with van der Waals surface area (Å²) in [6, 6.07) is 5.97. The molecule has 0 spiro atoms. The molecule has 0 saturated carbocycles. The summed E-state index contributed by atoms with van der Waals surface area (Å²) in [4.78, 5) is 5.73. The van der Waals surface area contributed by atoms with Gasteiger partial charge in [0.25, 0.3) is 0 Å². The van der Waals surface area contributed by atoms with Gasteiger partial charge in [-0.15, -0.1) is 11.3 Å². The molecule has 0 atom stereocenters. The van der Waals surface area contributed by atoms with Gasteiger partial charge in [0.15, 0.2) is 0 Å². The Morgan fingerprint density at radius 3 is 2.65 bits per heavy atom. The normalized spacial score (nSPS) is 11.4. The van der Waals surface area contributed by atoms with Crippen LogP contribution in [0.3, 0.4) is 0 Å². The van der Waals surface area contributed by atoms with Crippen LogP contribution in [-0.2, 0) is 12.0 Å². The summed E-state index contributed by atoms with van der Waals surface area (Å²) in [6.07, 6.45) is 1.96. The fourth-order valence-electron chi connectivity index (χ4n) is 1.70. The van der Waals surface area contributed by atoms with Crippen molar-refractivity contribution in [2.75, 3.05) is 12.4 Å². The number of hydrogen-bond donors (Lipinski definition) is 1. The van der Waals surface area contributed by atoms with E-state index in [1.165, 1.54) is 9.88 Å². The lowest BCUT2D eigenvalue weighted by Gasteiger charge is -2.13. The van der Waals surface area contributed by atoms with Crippen LogP contribution in [0.25, 0.3) is 0 Å². The molecule has 5 heteroatoms. The molecular formula is C15H19BrN2OS. The van der Waals surface area contributed by atoms with Crippen molar-refractivity contribution < 1.29 is 4.74 Å². The molecule has 0 bridgehead atoms. The van der Waals surface area contributed by atoms with Crippen LogP contribution < -0.4 is 10.1 Å². The van der Waals surface area contributed by atoms with E-state index in [2.05, 4.69) is 47.0 Å². The fraction of sp³-hybridized carbons (Fsp3) is 0.400. The predicted molar refractivity (Wildman–Crippen MR) is 88.8 cm³/mol. The van der Waals surface area contributed by atoms with Gasteiger partial charge in [-0.2, -0.15) is 0 Å². The second-order valence-electron chi connectivity index (χ2n) is 5.58. The zero-order valence-corrected chi connectivity index (χ0v) is 14.6. The molecule has 108 valence electrons. The third-order valence-corrected chi connectivity index (χ3v) is 4.86. The quantitative estimate of drug-likeness (QED) is 0.854. The van der Waals surface area contributed by atoms with E-state index in [9.17, 15) is 0 Å². The van der Waals surface area contributed by atoms with E-state index in [0.29, 0.717) is 0 Å². The molecule has 1 aromatic carbocycles.